The van der Waals surface area contributed by atoms with Crippen LogP contribution in [0.1, 0.15) is 44.9 Å². The lowest BCUT2D eigenvalue weighted by molar-refractivity contribution is -0.896. The molecule has 1 nitrogen and oxygen atoms in total. The first kappa shape index (κ1) is 12.3. The van der Waals surface area contributed by atoms with Gasteiger partial charge in [-0.1, -0.05) is 0 Å². The Labute approximate surface area is 99.6 Å². The average Bonchev–Trinajstić information content (AvgIpc) is 2.24. The summed E-state index contributed by atoms with van der Waals surface area (Å²) in [6, 6.07) is 0. The number of rotatable bonds is 2. The van der Waals surface area contributed by atoms with E-state index in [1.165, 1.54) is 36.8 Å². The molecule has 2 fully saturated rings. The van der Waals surface area contributed by atoms with Crippen molar-refractivity contribution in [3.05, 3.63) is 0 Å². The number of halogens is 1. The van der Waals surface area contributed by atoms with E-state index < -0.39 is 6.17 Å². The maximum atomic E-state index is 13.0. The van der Waals surface area contributed by atoms with Gasteiger partial charge in [0.15, 0.2) is 0 Å². The highest BCUT2D eigenvalue weighted by Crippen LogP contribution is 2.34. The van der Waals surface area contributed by atoms with Crippen LogP contribution in [0.2, 0.25) is 0 Å². The van der Waals surface area contributed by atoms with Crippen molar-refractivity contribution < 1.29 is 8.87 Å². The Bertz CT molecular complexity index is 209. The molecule has 0 amide bonds. The van der Waals surface area contributed by atoms with Gasteiger partial charge in [0.1, 0.15) is 6.17 Å². The quantitative estimate of drug-likeness (QED) is 0.636. The molecule has 0 radical (unpaired) electrons. The zero-order valence-corrected chi connectivity index (χ0v) is 10.9. The van der Waals surface area contributed by atoms with E-state index in [1.807, 2.05) is 0 Å². The highest BCUT2D eigenvalue weighted by Gasteiger charge is 2.29. The number of piperidine rings is 1. The molecule has 1 heterocycles. The molecule has 0 unspecified atom stereocenters. The first-order valence-corrected chi connectivity index (χ1v) is 7.01. The van der Waals surface area contributed by atoms with Gasteiger partial charge in [-0.15, -0.1) is 0 Å². The van der Waals surface area contributed by atoms with Crippen molar-refractivity contribution in [1.82, 2.24) is 0 Å². The first-order chi connectivity index (χ1) is 7.55. The van der Waals surface area contributed by atoms with Gasteiger partial charge in [-0.05, 0) is 56.8 Å². The van der Waals surface area contributed by atoms with Crippen LogP contribution in [-0.4, -0.2) is 37.8 Å². The molecule has 0 aromatic carbocycles. The minimum atomic E-state index is -0.488. The van der Waals surface area contributed by atoms with E-state index in [4.69, 9.17) is 0 Å². The molecule has 0 spiro atoms. The van der Waals surface area contributed by atoms with E-state index in [1.54, 1.807) is 0 Å². The molecule has 1 saturated carbocycles. The van der Waals surface area contributed by atoms with Crippen molar-refractivity contribution in [1.29, 1.82) is 0 Å². The molecule has 0 aromatic heterocycles. The van der Waals surface area contributed by atoms with Crippen LogP contribution in [0.5, 0.6) is 0 Å². The van der Waals surface area contributed by atoms with Gasteiger partial charge in [-0.3, -0.25) is 0 Å². The summed E-state index contributed by atoms with van der Waals surface area (Å²) < 4.78 is 14.2. The van der Waals surface area contributed by atoms with Crippen LogP contribution in [0, 0.1) is 11.8 Å². The topological polar surface area (TPSA) is 0 Å². The Hall–Kier alpha value is -0.110. The van der Waals surface area contributed by atoms with Gasteiger partial charge in [-0.25, -0.2) is 4.39 Å². The number of alkyl halides is 1. The second-order valence-electron chi connectivity index (χ2n) is 6.68. The summed E-state index contributed by atoms with van der Waals surface area (Å²) in [5, 5.41) is 0. The summed E-state index contributed by atoms with van der Waals surface area (Å²) in [5.74, 6) is 1.78. The molecule has 0 atom stereocenters. The Morgan fingerprint density at radius 2 is 1.38 bits per heavy atom. The number of quaternary nitrogens is 1. The van der Waals surface area contributed by atoms with Gasteiger partial charge in [0.2, 0.25) is 0 Å². The normalized spacial score (nSPS) is 36.2. The maximum absolute atomic E-state index is 13.0. The van der Waals surface area contributed by atoms with Crippen LogP contribution < -0.4 is 0 Å². The third-order valence-corrected chi connectivity index (χ3v) is 4.73. The van der Waals surface area contributed by atoms with Crippen LogP contribution in [-0.2, 0) is 0 Å². The Balaban J connectivity index is 1.71. The first-order valence-electron chi connectivity index (χ1n) is 7.01. The van der Waals surface area contributed by atoms with Crippen LogP contribution in [0.25, 0.3) is 0 Å². The minimum Gasteiger partial charge on any atom is -0.328 e. The van der Waals surface area contributed by atoms with Gasteiger partial charge in [-0.2, -0.15) is 0 Å². The van der Waals surface area contributed by atoms with E-state index in [2.05, 4.69) is 14.1 Å². The SMILES string of the molecule is C[N+]1(C)CCC(CC2CCC(F)CC2)CC1. The fourth-order valence-electron chi connectivity index (χ4n) is 3.38. The Morgan fingerprint density at radius 3 is 1.94 bits per heavy atom. The minimum absolute atomic E-state index is 0.488. The van der Waals surface area contributed by atoms with E-state index in [-0.39, 0.29) is 0 Å². The molecule has 1 aliphatic carbocycles. The highest BCUT2D eigenvalue weighted by atomic mass is 19.1. The van der Waals surface area contributed by atoms with Gasteiger partial charge < -0.3 is 4.48 Å². The van der Waals surface area contributed by atoms with E-state index in [0.29, 0.717) is 0 Å². The van der Waals surface area contributed by atoms with Crippen molar-refractivity contribution in [2.45, 2.75) is 51.1 Å². The Kier molecular flexibility index (Phi) is 3.89. The highest BCUT2D eigenvalue weighted by molar-refractivity contribution is 4.75. The summed E-state index contributed by atoms with van der Waals surface area (Å²) >= 11 is 0. The van der Waals surface area contributed by atoms with Crippen molar-refractivity contribution in [3.8, 4) is 0 Å². The summed E-state index contributed by atoms with van der Waals surface area (Å²) in [6.07, 6.45) is 7.64. The van der Waals surface area contributed by atoms with Crippen molar-refractivity contribution in [3.63, 3.8) is 0 Å². The molecule has 1 saturated heterocycles. The van der Waals surface area contributed by atoms with E-state index in [9.17, 15) is 4.39 Å². The maximum Gasteiger partial charge on any atom is 0.100 e. The Morgan fingerprint density at radius 1 is 0.875 bits per heavy atom. The molecule has 0 bridgehead atoms. The van der Waals surface area contributed by atoms with Gasteiger partial charge in [0.25, 0.3) is 0 Å². The fourth-order valence-corrected chi connectivity index (χ4v) is 3.38. The predicted octanol–water partition coefficient (Wildman–Crippen LogP) is 3.39. The molecule has 0 N–H and O–H groups in total. The lowest BCUT2D eigenvalue weighted by Gasteiger charge is -2.38. The van der Waals surface area contributed by atoms with Crippen LogP contribution in [0.4, 0.5) is 4.39 Å². The summed E-state index contributed by atoms with van der Waals surface area (Å²) in [7, 11) is 4.68. The van der Waals surface area contributed by atoms with Crippen molar-refractivity contribution in [2.24, 2.45) is 11.8 Å². The zero-order chi connectivity index (χ0) is 11.6. The van der Waals surface area contributed by atoms with Gasteiger partial charge in [0.05, 0.1) is 27.2 Å². The smallest absolute Gasteiger partial charge is 0.100 e. The van der Waals surface area contributed by atoms with E-state index >= 15 is 0 Å². The molecule has 94 valence electrons. The second-order valence-corrected chi connectivity index (χ2v) is 6.68. The summed E-state index contributed by atoms with van der Waals surface area (Å²) in [4.78, 5) is 0. The summed E-state index contributed by atoms with van der Waals surface area (Å²) in [6.45, 7) is 2.67. The second kappa shape index (κ2) is 5.03. The molecule has 16 heavy (non-hydrogen) atoms. The largest absolute Gasteiger partial charge is 0.328 e. The lowest BCUT2D eigenvalue weighted by atomic mass is 9.79. The van der Waals surface area contributed by atoms with Crippen LogP contribution in [0.3, 0.4) is 0 Å². The molecule has 2 aliphatic rings. The standard InChI is InChI=1S/C14H27FN/c1-16(2)9-7-13(8-10-16)11-12-3-5-14(15)6-4-12/h12-14H,3-11H2,1-2H3/q+1. The average molecular weight is 228 g/mol. The van der Waals surface area contributed by atoms with Gasteiger partial charge >= 0.3 is 0 Å². The third-order valence-electron chi connectivity index (χ3n) is 4.73. The molecule has 2 heteroatoms. The number of hydrogen-bond acceptors (Lipinski definition) is 0. The van der Waals surface area contributed by atoms with Gasteiger partial charge in [0, 0.05) is 0 Å². The fraction of sp³-hybridized carbons (Fsp3) is 1.00. The molecular formula is C14H27FN+. The molecule has 2 rings (SSSR count). The molecular weight excluding hydrogens is 201 g/mol. The molecule has 0 aromatic rings. The van der Waals surface area contributed by atoms with Crippen LogP contribution in [0.15, 0.2) is 0 Å². The van der Waals surface area contributed by atoms with E-state index in [0.717, 1.165) is 37.5 Å². The predicted molar refractivity (Wildman–Crippen MR) is 66.0 cm³/mol. The number of hydrogen-bond donors (Lipinski definition) is 0. The zero-order valence-electron chi connectivity index (χ0n) is 10.9. The monoisotopic (exact) mass is 228 g/mol. The van der Waals surface area contributed by atoms with Crippen molar-refractivity contribution >= 4 is 0 Å². The van der Waals surface area contributed by atoms with Crippen molar-refractivity contribution in [2.75, 3.05) is 27.2 Å². The third kappa shape index (κ3) is 3.44. The number of likely N-dealkylation sites (tertiary alicyclic amines) is 1. The summed E-state index contributed by atoms with van der Waals surface area (Å²) in [5.41, 5.74) is 0. The lowest BCUT2D eigenvalue weighted by Crippen LogP contribution is -2.46. The molecule has 1 aliphatic heterocycles. The number of nitrogens with zero attached hydrogens (tertiary/aromatic N) is 1. The van der Waals surface area contributed by atoms with Crippen LogP contribution >= 0.6 is 0 Å².